The van der Waals surface area contributed by atoms with Crippen molar-refractivity contribution in [2.45, 2.75) is 25.3 Å². The Balaban J connectivity index is 2.05. The van der Waals surface area contributed by atoms with Crippen LogP contribution < -0.4 is 25.2 Å². The molecular formula is C24H33N5O6S. The number of nitrogens with one attached hydrogen (secondary N) is 3. The van der Waals surface area contributed by atoms with Crippen molar-refractivity contribution in [1.29, 1.82) is 0 Å². The number of thiol groups is 1. The van der Waals surface area contributed by atoms with Crippen LogP contribution >= 0.6 is 0 Å². The largest absolute Gasteiger partial charge is 0.465 e. The number of fused-ring (bicyclic) bond motifs is 1. The van der Waals surface area contributed by atoms with Gasteiger partial charge in [-0.1, -0.05) is 30.8 Å². The highest BCUT2D eigenvalue weighted by Gasteiger charge is 2.21. The average molecular weight is 520 g/mol. The molecule has 0 radical (unpaired) electrons. The number of benzene rings is 2. The van der Waals surface area contributed by atoms with Gasteiger partial charge < -0.3 is 26.0 Å². The van der Waals surface area contributed by atoms with Crippen molar-refractivity contribution in [3.05, 3.63) is 49.1 Å². The molecule has 2 aromatic carbocycles. The Morgan fingerprint density at radius 3 is 2.22 bits per heavy atom. The van der Waals surface area contributed by atoms with Gasteiger partial charge in [0.15, 0.2) is 0 Å². The van der Waals surface area contributed by atoms with Crippen LogP contribution in [0.15, 0.2) is 49.1 Å². The first-order chi connectivity index (χ1) is 17.1. The van der Waals surface area contributed by atoms with Crippen LogP contribution in [0.3, 0.4) is 0 Å². The Labute approximate surface area is 212 Å². The molecule has 4 N–H and O–H groups in total. The third-order valence-electron chi connectivity index (χ3n) is 5.47. The van der Waals surface area contributed by atoms with Gasteiger partial charge in [0.25, 0.3) is 0 Å². The predicted octanol–water partition coefficient (Wildman–Crippen LogP) is 1.46. The minimum Gasteiger partial charge on any atom is -0.465 e. The number of anilines is 2. The van der Waals surface area contributed by atoms with Crippen molar-refractivity contribution in [3.63, 3.8) is 0 Å². The summed E-state index contributed by atoms with van der Waals surface area (Å²) in [6, 6.07) is 10.0. The lowest BCUT2D eigenvalue weighted by Crippen LogP contribution is -2.47. The molecule has 3 amide bonds. The summed E-state index contributed by atoms with van der Waals surface area (Å²) in [5.74, 6) is -0.861. The zero-order valence-electron chi connectivity index (χ0n) is 20.4. The second kappa shape index (κ2) is 13.9. The minimum absolute atomic E-state index is 0.0148. The Morgan fingerprint density at radius 1 is 1.00 bits per heavy atom. The van der Waals surface area contributed by atoms with Crippen molar-refractivity contribution in [2.24, 2.45) is 0 Å². The topological polar surface area (TPSA) is 148 Å². The summed E-state index contributed by atoms with van der Waals surface area (Å²) in [6.45, 7) is 3.69. The van der Waals surface area contributed by atoms with E-state index in [1.165, 1.54) is 4.31 Å². The molecule has 196 valence electrons. The van der Waals surface area contributed by atoms with Crippen LogP contribution in [0, 0.1) is 0 Å². The second-order valence-electron chi connectivity index (χ2n) is 8.19. The number of nitrogens with zero attached hydrogens (tertiary/aromatic N) is 2. The number of carbonyl (C=O) groups is 3. The average Bonchev–Trinajstić information content (AvgIpc) is 2.84. The quantitative estimate of drug-likeness (QED) is 0.144. The molecule has 12 heteroatoms. The van der Waals surface area contributed by atoms with Crippen LogP contribution in [0.1, 0.15) is 19.3 Å². The van der Waals surface area contributed by atoms with Gasteiger partial charge in [-0.05, 0) is 37.5 Å². The number of unbranched alkanes of at least 4 members (excludes halogenated alkanes) is 1. The minimum atomic E-state index is -3.00. The van der Waals surface area contributed by atoms with Crippen molar-refractivity contribution in [2.75, 3.05) is 42.9 Å². The van der Waals surface area contributed by atoms with E-state index in [-0.39, 0.29) is 25.4 Å². The van der Waals surface area contributed by atoms with Crippen LogP contribution in [-0.2, 0) is 20.5 Å². The molecule has 0 aromatic heterocycles. The van der Waals surface area contributed by atoms with Gasteiger partial charge >= 0.3 is 6.09 Å². The molecule has 1 atom stereocenters. The highest BCUT2D eigenvalue weighted by atomic mass is 32.2. The fourth-order valence-electron chi connectivity index (χ4n) is 3.77. The summed E-state index contributed by atoms with van der Waals surface area (Å²) in [4.78, 5) is 36.9. The summed E-state index contributed by atoms with van der Waals surface area (Å²) in [6.07, 6.45) is 1.06. The summed E-state index contributed by atoms with van der Waals surface area (Å²) in [5, 5.41) is 18.2. The molecular weight excluding hydrogens is 486 g/mol. The van der Waals surface area contributed by atoms with Gasteiger partial charge in [0.05, 0.1) is 12.2 Å². The molecule has 0 bridgehead atoms. The highest BCUT2D eigenvalue weighted by molar-refractivity contribution is 7.74. The molecule has 2 aromatic rings. The van der Waals surface area contributed by atoms with Crippen LogP contribution in [-0.4, -0.2) is 71.2 Å². The highest BCUT2D eigenvalue weighted by Crippen LogP contribution is 2.32. The summed E-state index contributed by atoms with van der Waals surface area (Å²) >= 11 is 0. The van der Waals surface area contributed by atoms with E-state index in [4.69, 9.17) is 5.11 Å². The van der Waals surface area contributed by atoms with Crippen molar-refractivity contribution in [1.82, 2.24) is 16.0 Å². The Kier molecular flexibility index (Phi) is 11.0. The van der Waals surface area contributed by atoms with Crippen LogP contribution in [0.2, 0.25) is 0 Å². The van der Waals surface area contributed by atoms with E-state index >= 15 is 0 Å². The molecule has 0 fully saturated rings. The van der Waals surface area contributed by atoms with E-state index in [9.17, 15) is 22.8 Å². The lowest BCUT2D eigenvalue weighted by atomic mass is 10.1. The molecule has 0 aliphatic carbocycles. The number of carboxylic acid groups (broad SMARTS) is 1. The Hall–Kier alpha value is -3.80. The lowest BCUT2D eigenvalue weighted by Gasteiger charge is -2.23. The third kappa shape index (κ3) is 8.15. The van der Waals surface area contributed by atoms with E-state index in [0.717, 1.165) is 22.5 Å². The molecule has 2 rings (SSSR count). The number of amides is 3. The molecule has 0 aliphatic rings. The van der Waals surface area contributed by atoms with Gasteiger partial charge in [-0.2, -0.15) is 0 Å². The van der Waals surface area contributed by atoms with Crippen LogP contribution in [0.4, 0.5) is 16.2 Å². The summed E-state index contributed by atoms with van der Waals surface area (Å²) in [7, 11) is 0.807. The molecule has 11 nitrogen and oxygen atoms in total. The maximum Gasteiger partial charge on any atom is 0.405 e. The van der Waals surface area contributed by atoms with Gasteiger partial charge in [0.1, 0.15) is 6.04 Å². The lowest BCUT2D eigenvalue weighted by molar-refractivity contribution is -0.123. The van der Waals surface area contributed by atoms with E-state index in [1.54, 1.807) is 12.1 Å². The third-order valence-corrected chi connectivity index (χ3v) is 6.28. The summed E-state index contributed by atoms with van der Waals surface area (Å²) < 4.78 is 25.4. The Morgan fingerprint density at radius 2 is 1.64 bits per heavy atom. The number of hydrogen-bond donors (Lipinski definition) is 5. The van der Waals surface area contributed by atoms with Crippen LogP contribution in [0.25, 0.3) is 10.8 Å². The van der Waals surface area contributed by atoms with Crippen LogP contribution in [0.5, 0.6) is 0 Å². The maximum atomic E-state index is 12.6. The van der Waals surface area contributed by atoms with Gasteiger partial charge in [-0.25, -0.2) is 13.2 Å². The fourth-order valence-corrected chi connectivity index (χ4v) is 4.38. The van der Waals surface area contributed by atoms with Crippen molar-refractivity contribution in [3.8, 4) is 0 Å². The van der Waals surface area contributed by atoms with Gasteiger partial charge in [-0.15, -0.1) is 0 Å². The SMILES string of the molecule is C=CC(=O)NCCCCC(NC(=O)O)C(=O)NCCN(c1cccc2c(N(C)C)cccc12)[SH](=O)=O. The smallest absolute Gasteiger partial charge is 0.405 e. The first kappa shape index (κ1) is 28.4. The van der Waals surface area contributed by atoms with E-state index in [1.807, 2.05) is 43.3 Å². The monoisotopic (exact) mass is 519 g/mol. The molecule has 0 spiro atoms. The second-order valence-corrected chi connectivity index (χ2v) is 9.15. The number of rotatable bonds is 14. The fraction of sp³-hybridized carbons (Fsp3) is 0.375. The van der Waals surface area contributed by atoms with Crippen molar-refractivity contribution >= 4 is 50.9 Å². The molecule has 36 heavy (non-hydrogen) atoms. The Bertz CT molecular complexity index is 1160. The first-order valence-corrected chi connectivity index (χ1v) is 12.6. The summed E-state index contributed by atoms with van der Waals surface area (Å²) in [5.41, 5.74) is 1.43. The molecule has 0 aliphatic heterocycles. The number of carbonyl (C=O) groups excluding carboxylic acids is 2. The van der Waals surface area contributed by atoms with Crippen molar-refractivity contribution < 1.29 is 27.9 Å². The maximum absolute atomic E-state index is 12.6. The number of hydrogen-bond acceptors (Lipinski definition) is 6. The predicted molar refractivity (Wildman–Crippen MR) is 141 cm³/mol. The zero-order chi connectivity index (χ0) is 26.7. The van der Waals surface area contributed by atoms with E-state index < -0.39 is 28.9 Å². The molecule has 0 saturated carbocycles. The normalized spacial score (nSPS) is 11.5. The molecule has 0 saturated heterocycles. The standard InChI is InChI=1S/C24H33N5O6S/c1-4-22(30)25-14-6-5-11-19(27-24(32)33)23(31)26-15-16-29(36(34)35)21-13-8-9-17-18(21)10-7-12-20(17)28(2)3/h4,7-10,12-13,19,27,36H,1,5-6,11,14-16H2,2-3H3,(H,25,30)(H,26,31)(H,32,33). The van der Waals surface area contributed by atoms with E-state index in [0.29, 0.717) is 25.1 Å². The van der Waals surface area contributed by atoms with E-state index in [2.05, 4.69) is 22.5 Å². The van der Waals surface area contributed by atoms with Gasteiger partial charge in [0, 0.05) is 43.6 Å². The molecule has 1 unspecified atom stereocenters. The van der Waals surface area contributed by atoms with Gasteiger partial charge in [0.2, 0.25) is 22.7 Å². The van der Waals surface area contributed by atoms with Gasteiger partial charge in [-0.3, -0.25) is 13.9 Å². The first-order valence-electron chi connectivity index (χ1n) is 11.4. The zero-order valence-corrected chi connectivity index (χ0v) is 21.3. The molecule has 0 heterocycles.